The molecule has 0 aliphatic carbocycles. The van der Waals surface area contributed by atoms with Crippen molar-refractivity contribution in [2.75, 3.05) is 37.6 Å². The van der Waals surface area contributed by atoms with Crippen molar-refractivity contribution in [3.05, 3.63) is 48.7 Å². The summed E-state index contributed by atoms with van der Waals surface area (Å²) in [5.74, 6) is 0.821. The predicted octanol–water partition coefficient (Wildman–Crippen LogP) is 0.548. The first-order valence-corrected chi connectivity index (χ1v) is 8.01. The van der Waals surface area contributed by atoms with E-state index >= 15 is 0 Å². The Hall–Kier alpha value is -3.16. The first-order valence-electron chi connectivity index (χ1n) is 8.01. The zero-order valence-electron chi connectivity index (χ0n) is 13.7. The van der Waals surface area contributed by atoms with Crippen molar-refractivity contribution < 1.29 is 14.0 Å². The van der Waals surface area contributed by atoms with Gasteiger partial charge in [0.2, 0.25) is 17.8 Å². The Morgan fingerprint density at radius 1 is 1.16 bits per heavy atom. The third-order valence-electron chi connectivity index (χ3n) is 3.82. The summed E-state index contributed by atoms with van der Waals surface area (Å²) >= 11 is 0. The molecule has 8 heteroatoms. The van der Waals surface area contributed by atoms with Gasteiger partial charge in [0.25, 0.3) is 0 Å². The molecule has 1 saturated heterocycles. The van der Waals surface area contributed by atoms with Gasteiger partial charge in [0, 0.05) is 44.6 Å². The van der Waals surface area contributed by atoms with Crippen LogP contribution in [0.4, 0.5) is 5.95 Å². The summed E-state index contributed by atoms with van der Waals surface area (Å²) in [7, 11) is 0. The maximum Gasteiger partial charge on any atom is 0.244 e. The van der Waals surface area contributed by atoms with Crippen LogP contribution in [0.1, 0.15) is 5.76 Å². The molecule has 1 aliphatic rings. The zero-order valence-corrected chi connectivity index (χ0v) is 13.7. The second kappa shape index (κ2) is 8.09. The number of carbonyl (C=O) groups excluding carboxylic acids is 2. The number of rotatable bonds is 5. The van der Waals surface area contributed by atoms with E-state index in [4.69, 9.17) is 4.42 Å². The van der Waals surface area contributed by atoms with Crippen LogP contribution in [-0.2, 0) is 9.59 Å². The van der Waals surface area contributed by atoms with Gasteiger partial charge in [0.05, 0.1) is 12.8 Å². The summed E-state index contributed by atoms with van der Waals surface area (Å²) in [6, 6.07) is 5.25. The van der Waals surface area contributed by atoms with Crippen molar-refractivity contribution in [1.29, 1.82) is 0 Å². The van der Waals surface area contributed by atoms with Gasteiger partial charge in [-0.15, -0.1) is 0 Å². The highest BCUT2D eigenvalue weighted by Gasteiger charge is 2.22. The molecule has 0 radical (unpaired) electrons. The topological polar surface area (TPSA) is 91.6 Å². The van der Waals surface area contributed by atoms with E-state index in [2.05, 4.69) is 15.3 Å². The highest BCUT2D eigenvalue weighted by atomic mass is 16.3. The van der Waals surface area contributed by atoms with E-state index in [0.29, 0.717) is 37.9 Å². The number of hydrogen-bond donors (Lipinski definition) is 1. The molecule has 0 saturated carbocycles. The van der Waals surface area contributed by atoms with Crippen molar-refractivity contribution in [2.45, 2.75) is 0 Å². The number of nitrogens with one attached hydrogen (secondary N) is 1. The second-order valence-electron chi connectivity index (χ2n) is 5.48. The molecule has 2 amide bonds. The largest absolute Gasteiger partial charge is 0.465 e. The molecule has 3 heterocycles. The maximum atomic E-state index is 12.2. The van der Waals surface area contributed by atoms with Crippen LogP contribution in [0.2, 0.25) is 0 Å². The van der Waals surface area contributed by atoms with E-state index in [0.717, 1.165) is 0 Å². The van der Waals surface area contributed by atoms with Crippen LogP contribution in [-0.4, -0.2) is 59.4 Å². The fourth-order valence-electron chi connectivity index (χ4n) is 2.49. The minimum Gasteiger partial charge on any atom is -0.465 e. The van der Waals surface area contributed by atoms with Gasteiger partial charge in [0.1, 0.15) is 5.76 Å². The molecule has 8 nitrogen and oxygen atoms in total. The van der Waals surface area contributed by atoms with Gasteiger partial charge < -0.3 is 19.5 Å². The average molecular weight is 341 g/mol. The molecule has 1 aliphatic heterocycles. The predicted molar refractivity (Wildman–Crippen MR) is 91.6 cm³/mol. The summed E-state index contributed by atoms with van der Waals surface area (Å²) in [4.78, 5) is 36.1. The van der Waals surface area contributed by atoms with E-state index in [-0.39, 0.29) is 18.4 Å². The fourth-order valence-corrected chi connectivity index (χ4v) is 2.49. The Morgan fingerprint density at radius 2 is 1.92 bits per heavy atom. The lowest BCUT2D eigenvalue weighted by Crippen LogP contribution is -2.51. The smallest absolute Gasteiger partial charge is 0.244 e. The lowest BCUT2D eigenvalue weighted by Gasteiger charge is -2.34. The lowest BCUT2D eigenvalue weighted by molar-refractivity contribution is -0.132. The van der Waals surface area contributed by atoms with Crippen LogP contribution in [0.3, 0.4) is 0 Å². The SMILES string of the molecule is O=C(C=Cc1ccco1)NCC(=O)N1CCN(c2ncccn2)CC1. The van der Waals surface area contributed by atoms with E-state index in [1.807, 2.05) is 4.90 Å². The van der Waals surface area contributed by atoms with Gasteiger partial charge in [-0.2, -0.15) is 0 Å². The molecule has 1 fully saturated rings. The molecule has 0 bridgehead atoms. The van der Waals surface area contributed by atoms with Crippen LogP contribution >= 0.6 is 0 Å². The van der Waals surface area contributed by atoms with Crippen molar-refractivity contribution in [3.63, 3.8) is 0 Å². The van der Waals surface area contributed by atoms with Gasteiger partial charge in [-0.3, -0.25) is 9.59 Å². The molecule has 25 heavy (non-hydrogen) atoms. The van der Waals surface area contributed by atoms with Crippen LogP contribution in [0.25, 0.3) is 6.08 Å². The quantitative estimate of drug-likeness (QED) is 0.799. The standard InChI is InChI=1S/C17H19N5O3/c23-15(5-4-14-3-1-12-25-14)20-13-16(24)21-8-10-22(11-9-21)17-18-6-2-7-19-17/h1-7,12H,8-11,13H2,(H,20,23). The highest BCUT2D eigenvalue weighted by molar-refractivity contribution is 5.94. The Balaban J connectivity index is 1.41. The number of furan rings is 1. The molecular weight excluding hydrogens is 322 g/mol. The van der Waals surface area contributed by atoms with Crippen LogP contribution in [0.15, 0.2) is 47.3 Å². The number of anilines is 1. The molecule has 0 aromatic carbocycles. The Kier molecular flexibility index (Phi) is 5.40. The highest BCUT2D eigenvalue weighted by Crippen LogP contribution is 2.09. The summed E-state index contributed by atoms with van der Waals surface area (Å²) in [6.07, 6.45) is 7.83. The first-order chi connectivity index (χ1) is 12.2. The first kappa shape index (κ1) is 16.7. The molecule has 2 aromatic heterocycles. The van der Waals surface area contributed by atoms with E-state index in [1.54, 1.807) is 41.6 Å². The zero-order chi connectivity index (χ0) is 17.5. The summed E-state index contributed by atoms with van der Waals surface area (Å²) < 4.78 is 5.09. The van der Waals surface area contributed by atoms with Crippen molar-refractivity contribution in [1.82, 2.24) is 20.2 Å². The van der Waals surface area contributed by atoms with Crippen molar-refractivity contribution in [2.24, 2.45) is 0 Å². The van der Waals surface area contributed by atoms with Gasteiger partial charge in [-0.25, -0.2) is 9.97 Å². The van der Waals surface area contributed by atoms with Crippen LogP contribution in [0.5, 0.6) is 0 Å². The molecule has 3 rings (SSSR count). The summed E-state index contributed by atoms with van der Waals surface area (Å²) in [5, 5.41) is 2.59. The summed E-state index contributed by atoms with van der Waals surface area (Å²) in [5.41, 5.74) is 0. The number of carbonyl (C=O) groups is 2. The Morgan fingerprint density at radius 3 is 2.60 bits per heavy atom. The molecule has 0 spiro atoms. The molecule has 0 atom stereocenters. The van der Waals surface area contributed by atoms with Crippen LogP contribution in [0, 0.1) is 0 Å². The maximum absolute atomic E-state index is 12.2. The average Bonchev–Trinajstić information content (AvgIpc) is 3.19. The Bertz CT molecular complexity index is 722. The van der Waals surface area contributed by atoms with Gasteiger partial charge in [0.15, 0.2) is 0 Å². The molecule has 2 aromatic rings. The minimum atomic E-state index is -0.332. The van der Waals surface area contributed by atoms with E-state index < -0.39 is 0 Å². The van der Waals surface area contributed by atoms with Crippen molar-refractivity contribution in [3.8, 4) is 0 Å². The second-order valence-corrected chi connectivity index (χ2v) is 5.48. The number of aromatic nitrogens is 2. The minimum absolute atomic E-state index is 0.0246. The normalized spacial score (nSPS) is 14.7. The van der Waals surface area contributed by atoms with Crippen molar-refractivity contribution >= 4 is 23.8 Å². The summed E-state index contributed by atoms with van der Waals surface area (Å²) in [6.45, 7) is 2.47. The lowest BCUT2D eigenvalue weighted by atomic mass is 10.3. The number of hydrogen-bond acceptors (Lipinski definition) is 6. The number of amides is 2. The van der Waals surface area contributed by atoms with Gasteiger partial charge >= 0.3 is 0 Å². The van der Waals surface area contributed by atoms with Gasteiger partial charge in [-0.1, -0.05) is 0 Å². The molecule has 0 unspecified atom stereocenters. The van der Waals surface area contributed by atoms with Gasteiger partial charge in [-0.05, 0) is 24.3 Å². The Labute approximate surface area is 145 Å². The molecule has 130 valence electrons. The number of nitrogens with zero attached hydrogens (tertiary/aromatic N) is 4. The third kappa shape index (κ3) is 4.66. The number of piperazine rings is 1. The fraction of sp³-hybridized carbons (Fsp3) is 0.294. The third-order valence-corrected chi connectivity index (χ3v) is 3.82. The van der Waals surface area contributed by atoms with Crippen LogP contribution < -0.4 is 10.2 Å². The van der Waals surface area contributed by atoms with E-state index in [1.165, 1.54) is 12.3 Å². The molecule has 1 N–H and O–H groups in total. The molecular formula is C17H19N5O3. The van der Waals surface area contributed by atoms with E-state index in [9.17, 15) is 9.59 Å². The monoisotopic (exact) mass is 341 g/mol.